The fourth-order valence-corrected chi connectivity index (χ4v) is 4.80. The summed E-state index contributed by atoms with van der Waals surface area (Å²) in [5, 5.41) is 5.70. The van der Waals surface area contributed by atoms with E-state index in [0.717, 1.165) is 12.6 Å². The van der Waals surface area contributed by atoms with Crippen LogP contribution in [0.15, 0.2) is 42.5 Å². The lowest BCUT2D eigenvalue weighted by Crippen LogP contribution is -2.54. The summed E-state index contributed by atoms with van der Waals surface area (Å²) in [5.74, 6) is -0.210. The van der Waals surface area contributed by atoms with Crippen molar-refractivity contribution in [2.45, 2.75) is 50.4 Å². The molecule has 3 aliphatic rings. The standard InChI is InChI=1S/C27H30FN3O5/c1-31-22-9-8-20(13-25(32)29-14-16-5-6-16)36-24(22)15-35-23-10-7-19(12-21(23)27(31)34)30-26(33)17-3-2-4-18(28)11-17/h2-4,7,10-12,16,20,22,24H,5-6,8-9,13-15H2,1H3,(H,29,32)(H,30,33)/t20-,22+,24+/m0/s1. The number of anilines is 1. The lowest BCUT2D eigenvalue weighted by atomic mass is 9.94. The normalized spacial score (nSPS) is 23.4. The number of rotatable bonds is 6. The number of nitrogens with zero attached hydrogens (tertiary/aromatic N) is 1. The van der Waals surface area contributed by atoms with E-state index in [2.05, 4.69) is 10.6 Å². The van der Waals surface area contributed by atoms with Gasteiger partial charge in [-0.25, -0.2) is 4.39 Å². The van der Waals surface area contributed by atoms with Crippen LogP contribution in [0.2, 0.25) is 0 Å². The van der Waals surface area contributed by atoms with Gasteiger partial charge in [0, 0.05) is 24.8 Å². The quantitative estimate of drug-likeness (QED) is 0.641. The Bertz CT molecular complexity index is 1170. The molecule has 1 aliphatic carbocycles. The summed E-state index contributed by atoms with van der Waals surface area (Å²) in [6.45, 7) is 0.976. The monoisotopic (exact) mass is 495 g/mol. The second-order valence-corrected chi connectivity index (χ2v) is 9.80. The maximum atomic E-state index is 13.5. The molecule has 5 rings (SSSR count). The third-order valence-corrected chi connectivity index (χ3v) is 7.05. The predicted molar refractivity (Wildman–Crippen MR) is 130 cm³/mol. The van der Waals surface area contributed by atoms with E-state index < -0.39 is 11.7 Å². The highest BCUT2D eigenvalue weighted by molar-refractivity contribution is 6.05. The Morgan fingerprint density at radius 3 is 2.72 bits per heavy atom. The minimum Gasteiger partial charge on any atom is -0.490 e. The summed E-state index contributed by atoms with van der Waals surface area (Å²) in [4.78, 5) is 39.8. The number of likely N-dealkylation sites (N-methyl/N-ethyl adjacent to an activating group) is 1. The first-order valence-electron chi connectivity index (χ1n) is 12.4. The molecule has 0 unspecified atom stereocenters. The molecule has 2 aromatic carbocycles. The summed E-state index contributed by atoms with van der Waals surface area (Å²) >= 11 is 0. The van der Waals surface area contributed by atoms with E-state index in [-0.39, 0.29) is 42.2 Å². The van der Waals surface area contributed by atoms with E-state index in [9.17, 15) is 18.8 Å². The zero-order valence-corrected chi connectivity index (χ0v) is 20.2. The van der Waals surface area contributed by atoms with Crippen LogP contribution in [-0.4, -0.2) is 61.1 Å². The molecule has 3 amide bonds. The smallest absolute Gasteiger partial charge is 0.257 e. The lowest BCUT2D eigenvalue weighted by molar-refractivity contribution is -0.134. The van der Waals surface area contributed by atoms with Gasteiger partial charge in [-0.2, -0.15) is 0 Å². The minimum atomic E-state index is -0.503. The van der Waals surface area contributed by atoms with Gasteiger partial charge in [0.05, 0.1) is 24.1 Å². The van der Waals surface area contributed by atoms with Crippen molar-refractivity contribution in [3.63, 3.8) is 0 Å². The van der Waals surface area contributed by atoms with Crippen molar-refractivity contribution in [3.05, 3.63) is 59.4 Å². The largest absolute Gasteiger partial charge is 0.490 e. The van der Waals surface area contributed by atoms with Crippen LogP contribution in [0, 0.1) is 11.7 Å². The number of halogens is 1. The highest BCUT2D eigenvalue weighted by Gasteiger charge is 2.39. The molecular formula is C27H30FN3O5. The highest BCUT2D eigenvalue weighted by atomic mass is 19.1. The van der Waals surface area contributed by atoms with Gasteiger partial charge >= 0.3 is 0 Å². The molecule has 9 heteroatoms. The van der Waals surface area contributed by atoms with Crippen molar-refractivity contribution in [3.8, 4) is 5.75 Å². The first kappa shape index (κ1) is 24.2. The van der Waals surface area contributed by atoms with Crippen molar-refractivity contribution in [1.82, 2.24) is 10.2 Å². The van der Waals surface area contributed by atoms with E-state index in [4.69, 9.17) is 9.47 Å². The molecule has 2 aromatic rings. The van der Waals surface area contributed by atoms with Gasteiger partial charge in [-0.1, -0.05) is 6.07 Å². The van der Waals surface area contributed by atoms with Crippen LogP contribution in [-0.2, 0) is 9.53 Å². The number of nitrogens with one attached hydrogen (secondary N) is 2. The van der Waals surface area contributed by atoms with Gasteiger partial charge in [0.15, 0.2) is 0 Å². The lowest BCUT2D eigenvalue weighted by Gasteiger charge is -2.42. The Morgan fingerprint density at radius 1 is 1.11 bits per heavy atom. The molecular weight excluding hydrogens is 465 g/mol. The third-order valence-electron chi connectivity index (χ3n) is 7.05. The number of hydrogen-bond donors (Lipinski definition) is 2. The Balaban J connectivity index is 1.26. The van der Waals surface area contributed by atoms with Gasteiger partial charge in [0.25, 0.3) is 11.8 Å². The second kappa shape index (κ2) is 10.3. The first-order valence-corrected chi connectivity index (χ1v) is 12.4. The molecule has 2 fully saturated rings. The van der Waals surface area contributed by atoms with Crippen LogP contribution in [0.25, 0.3) is 0 Å². The molecule has 0 aromatic heterocycles. The van der Waals surface area contributed by atoms with Gasteiger partial charge in [0.2, 0.25) is 5.91 Å². The zero-order valence-electron chi connectivity index (χ0n) is 20.2. The first-order chi connectivity index (χ1) is 17.4. The summed E-state index contributed by atoms with van der Waals surface area (Å²) in [6, 6.07) is 10.0. The van der Waals surface area contributed by atoms with Gasteiger partial charge < -0.3 is 25.0 Å². The van der Waals surface area contributed by atoms with E-state index >= 15 is 0 Å². The minimum absolute atomic E-state index is 0.000271. The van der Waals surface area contributed by atoms with Gasteiger partial charge in [-0.3, -0.25) is 14.4 Å². The van der Waals surface area contributed by atoms with Gasteiger partial charge in [0.1, 0.15) is 24.3 Å². The molecule has 1 saturated heterocycles. The number of carbonyl (C=O) groups excluding carboxylic acids is 3. The van der Waals surface area contributed by atoms with E-state index in [1.807, 2.05) is 0 Å². The summed E-state index contributed by atoms with van der Waals surface area (Å²) in [6.07, 6.45) is 3.48. The summed E-state index contributed by atoms with van der Waals surface area (Å²) in [5.41, 5.74) is 0.914. The number of benzene rings is 2. The molecule has 2 heterocycles. The molecule has 0 spiro atoms. The van der Waals surface area contributed by atoms with Crippen molar-refractivity contribution in [2.75, 3.05) is 25.5 Å². The molecule has 36 heavy (non-hydrogen) atoms. The Kier molecular flexibility index (Phi) is 6.91. The van der Waals surface area contributed by atoms with E-state index in [1.165, 1.54) is 31.0 Å². The molecule has 3 atom stereocenters. The van der Waals surface area contributed by atoms with Crippen LogP contribution in [0.1, 0.15) is 52.8 Å². The highest BCUT2D eigenvalue weighted by Crippen LogP contribution is 2.33. The molecule has 190 valence electrons. The third kappa shape index (κ3) is 5.51. The van der Waals surface area contributed by atoms with Crippen LogP contribution in [0.4, 0.5) is 10.1 Å². The second-order valence-electron chi connectivity index (χ2n) is 9.80. The summed E-state index contributed by atoms with van der Waals surface area (Å²) < 4.78 is 25.7. The molecule has 8 nitrogen and oxygen atoms in total. The number of ether oxygens (including phenoxy) is 2. The van der Waals surface area contributed by atoms with Crippen LogP contribution in [0.5, 0.6) is 5.75 Å². The zero-order chi connectivity index (χ0) is 25.2. The molecule has 0 radical (unpaired) electrons. The van der Waals surface area contributed by atoms with Gasteiger partial charge in [-0.05, 0) is 68.0 Å². The van der Waals surface area contributed by atoms with E-state index in [1.54, 1.807) is 30.1 Å². The number of carbonyl (C=O) groups is 3. The maximum absolute atomic E-state index is 13.5. The van der Waals surface area contributed by atoms with Crippen molar-refractivity contribution < 1.29 is 28.2 Å². The summed E-state index contributed by atoms with van der Waals surface area (Å²) in [7, 11) is 1.74. The number of hydrogen-bond acceptors (Lipinski definition) is 5. The van der Waals surface area contributed by atoms with Crippen molar-refractivity contribution >= 4 is 23.4 Å². The van der Waals surface area contributed by atoms with E-state index in [0.29, 0.717) is 42.2 Å². The molecule has 0 bridgehead atoms. The molecule has 2 aliphatic heterocycles. The predicted octanol–water partition coefficient (Wildman–Crippen LogP) is 3.37. The Hall–Kier alpha value is -3.46. The fourth-order valence-electron chi connectivity index (χ4n) is 4.80. The van der Waals surface area contributed by atoms with Crippen molar-refractivity contribution in [1.29, 1.82) is 0 Å². The topological polar surface area (TPSA) is 97.0 Å². The maximum Gasteiger partial charge on any atom is 0.257 e. The van der Waals surface area contributed by atoms with Crippen LogP contribution in [0.3, 0.4) is 0 Å². The molecule has 2 N–H and O–H groups in total. The number of fused-ring (bicyclic) bond motifs is 2. The Labute approximate surface area is 209 Å². The average Bonchev–Trinajstić information content (AvgIpc) is 3.70. The van der Waals surface area contributed by atoms with Gasteiger partial charge in [-0.15, -0.1) is 0 Å². The van der Waals surface area contributed by atoms with Crippen LogP contribution < -0.4 is 15.4 Å². The molecule has 1 saturated carbocycles. The van der Waals surface area contributed by atoms with Crippen molar-refractivity contribution in [2.24, 2.45) is 5.92 Å². The number of amides is 3. The Morgan fingerprint density at radius 2 is 1.94 bits per heavy atom. The fraction of sp³-hybridized carbons (Fsp3) is 0.444. The average molecular weight is 496 g/mol. The SMILES string of the molecule is CN1C(=O)c2cc(NC(=O)c3cccc(F)c3)ccc2OC[C@H]2O[C@H](CC(=O)NCC3CC3)CC[C@H]21. The van der Waals surface area contributed by atoms with Crippen LogP contribution >= 0.6 is 0 Å².